The summed E-state index contributed by atoms with van der Waals surface area (Å²) in [5.74, 6) is 4.61. The molecule has 1 saturated heterocycles. The number of fused-ring (bicyclic) bond motifs is 1. The largest absolute Gasteiger partial charge is 0.473 e. The lowest BCUT2D eigenvalue weighted by atomic mass is 10.2. The van der Waals surface area contributed by atoms with Crippen LogP contribution in [-0.4, -0.2) is 61.2 Å². The molecule has 1 fully saturated rings. The van der Waals surface area contributed by atoms with E-state index in [1.165, 1.54) is 5.69 Å². The number of likely N-dealkylation sites (N-methyl/N-ethyl adjacent to an activating group) is 1. The predicted molar refractivity (Wildman–Crippen MR) is 185 cm³/mol. The standard InChI is InChI=1S/C36H46N6OSi/c1-26(2)44(27(3)4,28(5)6)22-17-30-23-34(43-25-29-11-9-8-10-12-29)39-35-33(30)24-37-36(40-35)38-31-13-15-32(16-14-31)42-20-18-41(7)19-21-42/h8-16,23-24,26-28H,18-21,25H2,1-7H3,(H,37,38,39,40). The fourth-order valence-electron chi connectivity index (χ4n) is 6.51. The first-order chi connectivity index (χ1) is 21.2. The van der Waals surface area contributed by atoms with E-state index in [1.54, 1.807) is 0 Å². The van der Waals surface area contributed by atoms with E-state index in [0.717, 1.165) is 48.4 Å². The molecule has 0 aliphatic carbocycles. The minimum absolute atomic E-state index is 0.421. The second kappa shape index (κ2) is 13.8. The van der Waals surface area contributed by atoms with Crippen molar-refractivity contribution in [3.05, 3.63) is 78.0 Å². The van der Waals surface area contributed by atoms with Crippen molar-refractivity contribution < 1.29 is 4.74 Å². The topological polar surface area (TPSA) is 66.4 Å². The molecule has 8 heteroatoms. The van der Waals surface area contributed by atoms with Gasteiger partial charge in [-0.05, 0) is 53.5 Å². The van der Waals surface area contributed by atoms with E-state index in [9.17, 15) is 0 Å². The van der Waals surface area contributed by atoms with Gasteiger partial charge in [0.15, 0.2) is 5.65 Å². The number of nitrogens with one attached hydrogen (secondary N) is 1. The number of benzene rings is 2. The molecule has 0 bridgehead atoms. The summed E-state index contributed by atoms with van der Waals surface area (Å²) < 4.78 is 6.19. The van der Waals surface area contributed by atoms with Gasteiger partial charge in [0, 0.05) is 55.4 Å². The number of pyridine rings is 1. The van der Waals surface area contributed by atoms with Crippen molar-refractivity contribution in [1.29, 1.82) is 0 Å². The fourth-order valence-corrected chi connectivity index (χ4v) is 11.7. The summed E-state index contributed by atoms with van der Waals surface area (Å²) in [4.78, 5) is 19.1. The Bertz CT molecular complexity index is 1580. The van der Waals surface area contributed by atoms with Gasteiger partial charge in [-0.3, -0.25) is 0 Å². The van der Waals surface area contributed by atoms with Gasteiger partial charge in [0.2, 0.25) is 11.8 Å². The minimum atomic E-state index is -1.95. The van der Waals surface area contributed by atoms with Crippen LogP contribution >= 0.6 is 0 Å². The molecule has 3 heterocycles. The molecule has 0 saturated carbocycles. The Balaban J connectivity index is 1.47. The lowest BCUT2D eigenvalue weighted by Gasteiger charge is -2.38. The third kappa shape index (κ3) is 7.06. The molecule has 2 aromatic carbocycles. The monoisotopic (exact) mass is 606 g/mol. The maximum atomic E-state index is 6.19. The van der Waals surface area contributed by atoms with Gasteiger partial charge in [-0.25, -0.2) is 4.98 Å². The first kappa shape index (κ1) is 31.5. The Morgan fingerprint density at radius 3 is 2.16 bits per heavy atom. The fraction of sp³-hybridized carbons (Fsp3) is 0.417. The highest BCUT2D eigenvalue weighted by molar-refractivity contribution is 6.90. The Labute approximate surface area is 264 Å². The predicted octanol–water partition coefficient (Wildman–Crippen LogP) is 7.67. The Kier molecular flexibility index (Phi) is 9.87. The highest BCUT2D eigenvalue weighted by Crippen LogP contribution is 2.41. The molecule has 0 spiro atoms. The molecule has 5 rings (SSSR count). The second-order valence-electron chi connectivity index (χ2n) is 12.8. The molecular weight excluding hydrogens is 561 g/mol. The molecule has 0 atom stereocenters. The summed E-state index contributed by atoms with van der Waals surface area (Å²) >= 11 is 0. The molecular formula is C36H46N6OSi. The van der Waals surface area contributed by atoms with Gasteiger partial charge in [0.25, 0.3) is 0 Å². The van der Waals surface area contributed by atoms with Gasteiger partial charge >= 0.3 is 0 Å². The van der Waals surface area contributed by atoms with Crippen molar-refractivity contribution >= 4 is 36.4 Å². The lowest BCUT2D eigenvalue weighted by molar-refractivity contribution is 0.295. The van der Waals surface area contributed by atoms with Crippen LogP contribution in [0.2, 0.25) is 16.6 Å². The van der Waals surface area contributed by atoms with Crippen molar-refractivity contribution in [3.63, 3.8) is 0 Å². The van der Waals surface area contributed by atoms with Gasteiger partial charge in [0.1, 0.15) is 14.7 Å². The summed E-state index contributed by atoms with van der Waals surface area (Å²) in [5.41, 5.74) is 10.1. The van der Waals surface area contributed by atoms with Crippen LogP contribution in [0.4, 0.5) is 17.3 Å². The Morgan fingerprint density at radius 2 is 1.52 bits per heavy atom. The normalized spacial score (nSPS) is 14.3. The van der Waals surface area contributed by atoms with Gasteiger partial charge in [-0.2, -0.15) is 9.97 Å². The van der Waals surface area contributed by atoms with Crippen molar-refractivity contribution in [3.8, 4) is 17.3 Å². The number of piperazine rings is 1. The molecule has 1 aliphatic rings. The van der Waals surface area contributed by atoms with Gasteiger partial charge < -0.3 is 19.9 Å². The number of nitrogens with zero attached hydrogens (tertiary/aromatic N) is 5. The number of aromatic nitrogens is 3. The van der Waals surface area contributed by atoms with Crippen LogP contribution < -0.4 is 15.0 Å². The van der Waals surface area contributed by atoms with E-state index in [-0.39, 0.29) is 0 Å². The van der Waals surface area contributed by atoms with Crippen LogP contribution in [0.3, 0.4) is 0 Å². The van der Waals surface area contributed by atoms with E-state index in [2.05, 4.69) is 117 Å². The van der Waals surface area contributed by atoms with Crippen LogP contribution in [0, 0.1) is 11.5 Å². The van der Waals surface area contributed by atoms with Gasteiger partial charge in [-0.1, -0.05) is 77.8 Å². The van der Waals surface area contributed by atoms with Crippen LogP contribution in [0.1, 0.15) is 52.7 Å². The number of ether oxygens (including phenoxy) is 1. The van der Waals surface area contributed by atoms with Crippen LogP contribution in [0.15, 0.2) is 66.9 Å². The van der Waals surface area contributed by atoms with Crippen LogP contribution in [0.5, 0.6) is 5.88 Å². The maximum Gasteiger partial charge on any atom is 0.229 e. The molecule has 44 heavy (non-hydrogen) atoms. The summed E-state index contributed by atoms with van der Waals surface area (Å²) in [6.45, 7) is 18.7. The minimum Gasteiger partial charge on any atom is -0.473 e. The average molecular weight is 607 g/mol. The third-order valence-electron chi connectivity index (χ3n) is 9.04. The van der Waals surface area contributed by atoms with E-state index in [0.29, 0.717) is 40.7 Å². The van der Waals surface area contributed by atoms with Crippen molar-refractivity contribution in [1.82, 2.24) is 19.9 Å². The first-order valence-corrected chi connectivity index (χ1v) is 18.1. The molecule has 0 unspecified atom stereocenters. The Morgan fingerprint density at radius 1 is 0.864 bits per heavy atom. The molecule has 230 valence electrons. The molecule has 4 aromatic rings. The summed E-state index contributed by atoms with van der Waals surface area (Å²) in [6, 6.07) is 20.6. The molecule has 0 radical (unpaired) electrons. The molecule has 1 N–H and O–H groups in total. The van der Waals surface area contributed by atoms with Crippen molar-refractivity contribution in [2.24, 2.45) is 0 Å². The zero-order valence-electron chi connectivity index (χ0n) is 27.3. The third-order valence-corrected chi connectivity index (χ3v) is 15.3. The molecule has 7 nitrogen and oxygen atoms in total. The number of hydrogen-bond acceptors (Lipinski definition) is 7. The first-order valence-electron chi connectivity index (χ1n) is 15.8. The number of rotatable bonds is 9. The molecule has 1 aliphatic heterocycles. The van der Waals surface area contributed by atoms with E-state index < -0.39 is 8.07 Å². The lowest BCUT2D eigenvalue weighted by Crippen LogP contribution is -2.44. The summed E-state index contributed by atoms with van der Waals surface area (Å²) in [5, 5.41) is 4.21. The zero-order valence-corrected chi connectivity index (χ0v) is 28.3. The van der Waals surface area contributed by atoms with Crippen molar-refractivity contribution in [2.75, 3.05) is 43.4 Å². The Hall–Kier alpha value is -3.93. The molecule has 0 amide bonds. The smallest absolute Gasteiger partial charge is 0.229 e. The van der Waals surface area contributed by atoms with Gasteiger partial charge in [-0.15, -0.1) is 5.54 Å². The molecule has 2 aromatic heterocycles. The maximum absolute atomic E-state index is 6.19. The van der Waals surface area contributed by atoms with Gasteiger partial charge in [0.05, 0.1) is 5.39 Å². The zero-order chi connectivity index (χ0) is 31.3. The quantitative estimate of drug-likeness (QED) is 0.155. The highest BCUT2D eigenvalue weighted by Gasteiger charge is 2.41. The van der Waals surface area contributed by atoms with E-state index >= 15 is 0 Å². The van der Waals surface area contributed by atoms with Crippen molar-refractivity contribution in [2.45, 2.75) is 64.8 Å². The van der Waals surface area contributed by atoms with E-state index in [4.69, 9.17) is 14.7 Å². The van der Waals surface area contributed by atoms with E-state index in [1.807, 2.05) is 30.5 Å². The number of anilines is 3. The summed E-state index contributed by atoms with van der Waals surface area (Å²) in [6.07, 6.45) is 1.84. The van der Waals surface area contributed by atoms with Crippen LogP contribution in [0.25, 0.3) is 11.0 Å². The van der Waals surface area contributed by atoms with Crippen LogP contribution in [-0.2, 0) is 6.61 Å². The highest BCUT2D eigenvalue weighted by atomic mass is 28.3. The second-order valence-corrected chi connectivity index (χ2v) is 18.4. The summed E-state index contributed by atoms with van der Waals surface area (Å²) in [7, 11) is 0.225. The average Bonchev–Trinajstić information content (AvgIpc) is 3.01. The SMILES string of the molecule is CC(C)[Si](C#Cc1cc(OCc2ccccc2)nc2nc(Nc3ccc(N4CCN(C)CC4)cc3)ncc12)(C(C)C)C(C)C. The number of hydrogen-bond donors (Lipinski definition) is 1.